The first-order valence-electron chi connectivity index (χ1n) is 8.61. The maximum atomic E-state index is 8.27. The molecular formula is C19H25N3S. The maximum absolute atomic E-state index is 8.27. The Morgan fingerprint density at radius 3 is 2.74 bits per heavy atom. The van der Waals surface area contributed by atoms with Crippen LogP contribution in [0.5, 0.6) is 0 Å². The van der Waals surface area contributed by atoms with E-state index in [-0.39, 0.29) is 0 Å². The van der Waals surface area contributed by atoms with Crippen molar-refractivity contribution in [1.82, 2.24) is 0 Å². The van der Waals surface area contributed by atoms with Crippen molar-refractivity contribution in [3.63, 3.8) is 0 Å². The minimum atomic E-state index is 0.347. The monoisotopic (exact) mass is 327 g/mol. The zero-order valence-electron chi connectivity index (χ0n) is 14.2. The van der Waals surface area contributed by atoms with Crippen LogP contribution in [-0.2, 0) is 0 Å². The second-order valence-electron chi connectivity index (χ2n) is 6.14. The first-order valence-corrected chi connectivity index (χ1v) is 9.42. The lowest BCUT2D eigenvalue weighted by Gasteiger charge is -2.28. The Hall–Kier alpha value is -1.55. The van der Waals surface area contributed by atoms with Gasteiger partial charge in [-0.25, -0.2) is 0 Å². The fourth-order valence-corrected chi connectivity index (χ4v) is 4.38. The van der Waals surface area contributed by atoms with Crippen LogP contribution in [-0.4, -0.2) is 24.5 Å². The average Bonchev–Trinajstić information content (AvgIpc) is 2.55. The van der Waals surface area contributed by atoms with E-state index in [0.717, 1.165) is 43.8 Å². The van der Waals surface area contributed by atoms with Gasteiger partial charge in [0.05, 0.1) is 11.4 Å². The van der Waals surface area contributed by atoms with Gasteiger partial charge in [0.25, 0.3) is 0 Å². The molecule has 1 aliphatic carbocycles. The van der Waals surface area contributed by atoms with E-state index in [9.17, 15) is 0 Å². The van der Waals surface area contributed by atoms with Gasteiger partial charge < -0.3 is 10.3 Å². The van der Waals surface area contributed by atoms with Crippen molar-refractivity contribution in [2.75, 3.05) is 18.0 Å². The highest BCUT2D eigenvalue weighted by molar-refractivity contribution is 8.04. The topological polar surface area (TPSA) is 39.5 Å². The molecule has 0 saturated carbocycles. The van der Waals surface area contributed by atoms with E-state index < -0.39 is 0 Å². The zero-order valence-corrected chi connectivity index (χ0v) is 15.0. The fraction of sp³-hybridized carbons (Fsp3) is 0.474. The van der Waals surface area contributed by atoms with Crippen molar-refractivity contribution in [2.45, 2.75) is 44.9 Å². The normalized spacial score (nSPS) is 19.6. The molecule has 23 heavy (non-hydrogen) atoms. The summed E-state index contributed by atoms with van der Waals surface area (Å²) in [7, 11) is 0. The fourth-order valence-electron chi connectivity index (χ4n) is 3.31. The van der Waals surface area contributed by atoms with Gasteiger partial charge in [0, 0.05) is 40.2 Å². The molecule has 1 aromatic carbocycles. The molecule has 2 aliphatic rings. The Morgan fingerprint density at radius 2 is 2.04 bits per heavy atom. The van der Waals surface area contributed by atoms with Gasteiger partial charge in [-0.3, -0.25) is 4.99 Å². The van der Waals surface area contributed by atoms with E-state index in [4.69, 9.17) is 10.4 Å². The molecule has 1 heterocycles. The average molecular weight is 327 g/mol. The molecule has 0 amide bonds. The number of thioether (sulfide) groups is 1. The molecule has 1 N–H and O–H groups in total. The molecule has 0 radical (unpaired) electrons. The van der Waals surface area contributed by atoms with Gasteiger partial charge in [0.2, 0.25) is 0 Å². The van der Waals surface area contributed by atoms with E-state index in [2.05, 4.69) is 43.9 Å². The highest BCUT2D eigenvalue weighted by Crippen LogP contribution is 2.45. The van der Waals surface area contributed by atoms with Gasteiger partial charge in [-0.05, 0) is 51.0 Å². The molecule has 3 nitrogen and oxygen atoms in total. The highest BCUT2D eigenvalue weighted by Gasteiger charge is 2.27. The molecule has 0 bridgehead atoms. The SMILES string of the molecule is CCCC1CC2=Nc3ccc(N(CC)CC)cc3SC2=CC1=N. The molecule has 1 aromatic rings. The number of benzene rings is 1. The van der Waals surface area contributed by atoms with E-state index >= 15 is 0 Å². The summed E-state index contributed by atoms with van der Waals surface area (Å²) >= 11 is 1.78. The van der Waals surface area contributed by atoms with Gasteiger partial charge in [-0.1, -0.05) is 25.1 Å². The Bertz CT molecular complexity index is 671. The summed E-state index contributed by atoms with van der Waals surface area (Å²) in [6, 6.07) is 6.57. The summed E-state index contributed by atoms with van der Waals surface area (Å²) in [6.07, 6.45) is 5.17. The van der Waals surface area contributed by atoms with Crippen LogP contribution in [0, 0.1) is 11.3 Å². The van der Waals surface area contributed by atoms with Gasteiger partial charge in [-0.15, -0.1) is 0 Å². The van der Waals surface area contributed by atoms with Crippen LogP contribution in [0.4, 0.5) is 11.4 Å². The third-order valence-corrected chi connectivity index (χ3v) is 5.76. The number of aliphatic imine (C=N–C) groups is 1. The standard InChI is InChI=1S/C19H25N3S/c1-4-7-13-10-17-19(12-15(13)20)23-18-11-14(22(5-2)6-3)8-9-16(18)21-17/h8-9,11-13,20H,4-7,10H2,1-3H3. The van der Waals surface area contributed by atoms with Crippen LogP contribution in [0.15, 0.2) is 39.1 Å². The molecule has 0 saturated heterocycles. The summed E-state index contributed by atoms with van der Waals surface area (Å²) in [6.45, 7) is 8.59. The van der Waals surface area contributed by atoms with Crippen LogP contribution in [0.3, 0.4) is 0 Å². The van der Waals surface area contributed by atoms with Crippen LogP contribution >= 0.6 is 11.8 Å². The van der Waals surface area contributed by atoms with Gasteiger partial charge in [-0.2, -0.15) is 0 Å². The summed E-state index contributed by atoms with van der Waals surface area (Å²) in [5.74, 6) is 0.347. The van der Waals surface area contributed by atoms with Crippen LogP contribution < -0.4 is 4.90 Å². The van der Waals surface area contributed by atoms with Crippen molar-refractivity contribution in [3.8, 4) is 0 Å². The van der Waals surface area contributed by atoms with Gasteiger partial charge in [0.1, 0.15) is 0 Å². The number of rotatable bonds is 5. The van der Waals surface area contributed by atoms with Crippen molar-refractivity contribution in [1.29, 1.82) is 5.41 Å². The first kappa shape index (κ1) is 16.3. The second-order valence-corrected chi connectivity index (χ2v) is 7.22. The Kier molecular flexibility index (Phi) is 4.90. The second kappa shape index (κ2) is 6.91. The molecule has 0 spiro atoms. The van der Waals surface area contributed by atoms with Crippen molar-refractivity contribution < 1.29 is 0 Å². The molecule has 1 atom stereocenters. The zero-order chi connectivity index (χ0) is 16.4. The molecular weight excluding hydrogens is 302 g/mol. The number of allylic oxidation sites excluding steroid dienone is 2. The van der Waals surface area contributed by atoms with E-state index in [1.807, 2.05) is 6.08 Å². The Morgan fingerprint density at radius 1 is 1.26 bits per heavy atom. The van der Waals surface area contributed by atoms with Crippen molar-refractivity contribution in [3.05, 3.63) is 29.2 Å². The maximum Gasteiger partial charge on any atom is 0.0774 e. The molecule has 1 unspecified atom stereocenters. The summed E-state index contributed by atoms with van der Waals surface area (Å²) in [5.41, 5.74) is 4.29. The largest absolute Gasteiger partial charge is 0.372 e. The number of nitrogens with one attached hydrogen (secondary N) is 1. The van der Waals surface area contributed by atoms with E-state index in [0.29, 0.717) is 5.92 Å². The molecule has 0 aromatic heterocycles. The number of hydrogen-bond acceptors (Lipinski definition) is 4. The number of anilines is 1. The van der Waals surface area contributed by atoms with Crippen molar-refractivity contribution >= 4 is 34.6 Å². The van der Waals surface area contributed by atoms with Crippen LogP contribution in [0.1, 0.15) is 40.0 Å². The van der Waals surface area contributed by atoms with E-state index in [1.54, 1.807) is 11.8 Å². The molecule has 1 aliphatic heterocycles. The molecule has 0 fully saturated rings. The summed E-state index contributed by atoms with van der Waals surface area (Å²) in [4.78, 5) is 9.64. The number of hydrogen-bond donors (Lipinski definition) is 1. The minimum Gasteiger partial charge on any atom is -0.372 e. The molecule has 122 valence electrons. The lowest BCUT2D eigenvalue weighted by Crippen LogP contribution is -2.24. The lowest BCUT2D eigenvalue weighted by molar-refractivity contribution is 0.630. The Balaban J connectivity index is 1.92. The third kappa shape index (κ3) is 3.23. The highest BCUT2D eigenvalue weighted by atomic mass is 32.2. The molecule has 4 heteroatoms. The Labute approximate surface area is 143 Å². The van der Waals surface area contributed by atoms with Gasteiger partial charge >= 0.3 is 0 Å². The van der Waals surface area contributed by atoms with Crippen LogP contribution in [0.25, 0.3) is 0 Å². The number of nitrogens with zero attached hydrogens (tertiary/aromatic N) is 2. The predicted octanol–water partition coefficient (Wildman–Crippen LogP) is 5.43. The minimum absolute atomic E-state index is 0.347. The van der Waals surface area contributed by atoms with Crippen LogP contribution in [0.2, 0.25) is 0 Å². The summed E-state index contributed by atoms with van der Waals surface area (Å²) in [5, 5.41) is 8.27. The van der Waals surface area contributed by atoms with Gasteiger partial charge in [0.15, 0.2) is 0 Å². The third-order valence-electron chi connectivity index (χ3n) is 4.64. The lowest BCUT2D eigenvalue weighted by atomic mass is 9.87. The smallest absolute Gasteiger partial charge is 0.0774 e. The first-order chi connectivity index (χ1) is 11.2. The van der Waals surface area contributed by atoms with Crippen molar-refractivity contribution in [2.24, 2.45) is 10.9 Å². The molecule has 3 rings (SSSR count). The summed E-state index contributed by atoms with van der Waals surface area (Å²) < 4.78 is 0. The number of fused-ring (bicyclic) bond motifs is 2. The van der Waals surface area contributed by atoms with E-state index in [1.165, 1.54) is 21.2 Å². The predicted molar refractivity (Wildman–Crippen MR) is 102 cm³/mol. The quantitative estimate of drug-likeness (QED) is 0.782.